The summed E-state index contributed by atoms with van der Waals surface area (Å²) in [6.45, 7) is 7.58. The first-order valence-corrected chi connectivity index (χ1v) is 5.88. The van der Waals surface area contributed by atoms with Crippen molar-refractivity contribution in [1.29, 1.82) is 0 Å². The highest BCUT2D eigenvalue weighted by atomic mass is 14.3. The van der Waals surface area contributed by atoms with E-state index in [0.717, 1.165) is 0 Å². The highest BCUT2D eigenvalue weighted by Crippen LogP contribution is 2.43. The Bertz CT molecular complexity index is 415. The summed E-state index contributed by atoms with van der Waals surface area (Å²) in [5.74, 6) is 0. The van der Waals surface area contributed by atoms with Gasteiger partial charge in [-0.15, -0.1) is 0 Å². The molecule has 16 heavy (non-hydrogen) atoms. The van der Waals surface area contributed by atoms with Crippen molar-refractivity contribution in [2.75, 3.05) is 0 Å². The number of rotatable bonds is 1. The van der Waals surface area contributed by atoms with Gasteiger partial charge in [0.05, 0.1) is 0 Å². The van der Waals surface area contributed by atoms with Crippen molar-refractivity contribution in [3.8, 4) is 0 Å². The zero-order valence-electron chi connectivity index (χ0n) is 9.71. The van der Waals surface area contributed by atoms with Crippen LogP contribution in [0.25, 0.3) is 6.08 Å². The number of hydrogen-bond acceptors (Lipinski definition) is 0. The fraction of sp³-hybridized carbons (Fsp3) is 0.250. The van der Waals surface area contributed by atoms with Gasteiger partial charge in [-0.2, -0.15) is 0 Å². The fourth-order valence-electron chi connectivity index (χ4n) is 1.81. The first kappa shape index (κ1) is 10.9. The van der Waals surface area contributed by atoms with Gasteiger partial charge < -0.3 is 0 Å². The molecule has 0 aromatic heterocycles. The Morgan fingerprint density at radius 1 is 0.938 bits per heavy atom. The molecule has 0 amide bonds. The van der Waals surface area contributed by atoms with Crippen molar-refractivity contribution in [2.45, 2.75) is 25.7 Å². The van der Waals surface area contributed by atoms with Crippen LogP contribution in [-0.4, -0.2) is 0 Å². The van der Waals surface area contributed by atoms with E-state index in [4.69, 9.17) is 0 Å². The lowest BCUT2D eigenvalue weighted by Crippen LogP contribution is -2.00. The molecule has 2 saturated carbocycles. The Balaban J connectivity index is 0.000000120. The third-order valence-electron chi connectivity index (χ3n) is 3.07. The van der Waals surface area contributed by atoms with Crippen LogP contribution in [0.2, 0.25) is 0 Å². The van der Waals surface area contributed by atoms with Gasteiger partial charge >= 0.3 is 0 Å². The van der Waals surface area contributed by atoms with Gasteiger partial charge in [0, 0.05) is 0 Å². The zero-order valence-corrected chi connectivity index (χ0v) is 9.71. The third-order valence-corrected chi connectivity index (χ3v) is 3.07. The number of hydrogen-bond donors (Lipinski definition) is 0. The molecule has 0 spiro atoms. The van der Waals surface area contributed by atoms with Crippen molar-refractivity contribution in [2.24, 2.45) is 0 Å². The molecule has 0 aliphatic heterocycles. The molecule has 1 aromatic rings. The molecule has 2 aliphatic carbocycles. The van der Waals surface area contributed by atoms with Crippen molar-refractivity contribution in [3.63, 3.8) is 0 Å². The topological polar surface area (TPSA) is 0 Å². The van der Waals surface area contributed by atoms with Crippen LogP contribution in [0.3, 0.4) is 0 Å². The predicted octanol–water partition coefficient (Wildman–Crippen LogP) is 4.76. The molecule has 0 bridgehead atoms. The smallest absolute Gasteiger partial charge is 0.0236 e. The van der Waals surface area contributed by atoms with E-state index in [9.17, 15) is 0 Å². The maximum Gasteiger partial charge on any atom is -0.0236 e. The van der Waals surface area contributed by atoms with Crippen LogP contribution in [0.5, 0.6) is 0 Å². The van der Waals surface area contributed by atoms with E-state index in [0.29, 0.717) is 0 Å². The van der Waals surface area contributed by atoms with Crippen molar-refractivity contribution < 1.29 is 0 Å². The van der Waals surface area contributed by atoms with E-state index in [2.05, 4.69) is 13.2 Å². The summed E-state index contributed by atoms with van der Waals surface area (Å²) in [7, 11) is 0. The quantitative estimate of drug-likeness (QED) is 0.627. The minimum atomic E-state index is 1.17. The average Bonchev–Trinajstić information content (AvgIpc) is 3.13. The van der Waals surface area contributed by atoms with Gasteiger partial charge in [0.1, 0.15) is 0 Å². The fourth-order valence-corrected chi connectivity index (χ4v) is 1.81. The predicted molar refractivity (Wildman–Crippen MR) is 71.2 cm³/mol. The standard InChI is InChI=1S/C8H10.C8H8/c1-6-2-5-8(6)7-3-4-7;1-2-8-6-4-3-5-7-8/h1-5H2;2-7H,1H2. The summed E-state index contributed by atoms with van der Waals surface area (Å²) >= 11 is 0. The number of allylic oxidation sites excluding steroid dienone is 3. The van der Waals surface area contributed by atoms with Crippen LogP contribution in [0.15, 0.2) is 60.2 Å². The molecule has 1 aromatic carbocycles. The largest absolute Gasteiger partial charge is 0.0985 e. The first-order valence-electron chi connectivity index (χ1n) is 5.88. The molecule has 82 valence electrons. The Hall–Kier alpha value is -1.56. The average molecular weight is 210 g/mol. The van der Waals surface area contributed by atoms with Gasteiger partial charge in [0.2, 0.25) is 0 Å². The molecular formula is C16H18. The van der Waals surface area contributed by atoms with Crippen LogP contribution >= 0.6 is 0 Å². The Kier molecular flexibility index (Phi) is 3.40. The van der Waals surface area contributed by atoms with Crippen molar-refractivity contribution in [3.05, 3.63) is 65.8 Å². The second-order valence-corrected chi connectivity index (χ2v) is 4.30. The lowest BCUT2D eigenvalue weighted by molar-refractivity contribution is 0.823. The highest BCUT2D eigenvalue weighted by molar-refractivity contribution is 5.46. The second-order valence-electron chi connectivity index (χ2n) is 4.30. The van der Waals surface area contributed by atoms with E-state index in [-0.39, 0.29) is 0 Å². The van der Waals surface area contributed by atoms with Gasteiger partial charge in [0.25, 0.3) is 0 Å². The normalized spacial score (nSPS) is 17.1. The highest BCUT2D eigenvalue weighted by Gasteiger charge is 2.24. The Labute approximate surface area is 98.0 Å². The van der Waals surface area contributed by atoms with Crippen molar-refractivity contribution in [1.82, 2.24) is 0 Å². The van der Waals surface area contributed by atoms with E-state index < -0.39 is 0 Å². The Morgan fingerprint density at radius 2 is 1.62 bits per heavy atom. The van der Waals surface area contributed by atoms with E-state index in [1.807, 2.05) is 36.4 Å². The molecule has 0 heterocycles. The summed E-state index contributed by atoms with van der Waals surface area (Å²) in [5, 5.41) is 0. The molecule has 3 rings (SSSR count). The minimum absolute atomic E-state index is 1.17. The van der Waals surface area contributed by atoms with Crippen molar-refractivity contribution >= 4 is 6.08 Å². The summed E-state index contributed by atoms with van der Waals surface area (Å²) in [6.07, 6.45) is 7.16. The Morgan fingerprint density at radius 3 is 1.88 bits per heavy atom. The summed E-state index contributed by atoms with van der Waals surface area (Å²) in [5.41, 5.74) is 5.90. The van der Waals surface area contributed by atoms with Gasteiger partial charge in [0.15, 0.2) is 0 Å². The zero-order chi connectivity index (χ0) is 11.4. The maximum absolute atomic E-state index is 3.95. The van der Waals surface area contributed by atoms with E-state index in [1.165, 1.54) is 36.8 Å². The molecule has 0 N–H and O–H groups in total. The van der Waals surface area contributed by atoms with Crippen LogP contribution in [-0.2, 0) is 0 Å². The second kappa shape index (κ2) is 4.98. The lowest BCUT2D eigenvalue weighted by atomic mass is 9.86. The van der Waals surface area contributed by atoms with E-state index in [1.54, 1.807) is 11.1 Å². The molecule has 0 nitrogen and oxygen atoms in total. The summed E-state index contributed by atoms with van der Waals surface area (Å²) < 4.78 is 0. The monoisotopic (exact) mass is 210 g/mol. The van der Waals surface area contributed by atoms with Crippen LogP contribution in [0, 0.1) is 0 Å². The number of benzene rings is 1. The van der Waals surface area contributed by atoms with Gasteiger partial charge in [-0.1, -0.05) is 60.7 Å². The molecule has 2 aliphatic rings. The maximum atomic E-state index is 3.95. The van der Waals surface area contributed by atoms with Gasteiger partial charge in [-0.25, -0.2) is 0 Å². The van der Waals surface area contributed by atoms with Crippen LogP contribution in [0.1, 0.15) is 31.2 Å². The van der Waals surface area contributed by atoms with Gasteiger partial charge in [-0.3, -0.25) is 0 Å². The SMILES string of the molecule is C=C1CCC1=C1CC1.C=Cc1ccccc1. The molecule has 2 fully saturated rings. The minimum Gasteiger partial charge on any atom is -0.0985 e. The molecule has 0 atom stereocenters. The van der Waals surface area contributed by atoms with Gasteiger partial charge in [-0.05, 0) is 36.8 Å². The molecule has 0 saturated heterocycles. The first-order chi connectivity index (χ1) is 7.81. The third kappa shape index (κ3) is 2.73. The molecule has 0 unspecified atom stereocenters. The van der Waals surface area contributed by atoms with E-state index >= 15 is 0 Å². The summed E-state index contributed by atoms with van der Waals surface area (Å²) in [4.78, 5) is 0. The van der Waals surface area contributed by atoms with Crippen LogP contribution in [0.4, 0.5) is 0 Å². The molecular weight excluding hydrogens is 192 g/mol. The molecule has 0 heteroatoms. The van der Waals surface area contributed by atoms with Crippen LogP contribution < -0.4 is 0 Å². The summed E-state index contributed by atoms with van der Waals surface area (Å²) in [6, 6.07) is 10.0. The lowest BCUT2D eigenvalue weighted by Gasteiger charge is -2.19. The molecule has 0 radical (unpaired) electrons.